The molecule has 4 heteroatoms. The van der Waals surface area contributed by atoms with Crippen LogP contribution in [0.25, 0.3) is 0 Å². The van der Waals surface area contributed by atoms with E-state index >= 15 is 0 Å². The van der Waals surface area contributed by atoms with Crippen molar-refractivity contribution < 1.29 is 14.2 Å². The molecule has 2 rings (SSSR count). The van der Waals surface area contributed by atoms with E-state index in [4.69, 9.17) is 4.74 Å². The van der Waals surface area contributed by atoms with Gasteiger partial charge in [0.15, 0.2) is 0 Å². The number of aliphatic hydroxyl groups is 1. The van der Waals surface area contributed by atoms with Crippen LogP contribution in [0, 0.1) is 5.82 Å². The molecule has 0 spiro atoms. The molecule has 2 aromatic rings. The third-order valence-corrected chi connectivity index (χ3v) is 3.32. The molecular weight excluding hydrogens is 323 g/mol. The minimum absolute atomic E-state index is 0.0923. The summed E-state index contributed by atoms with van der Waals surface area (Å²) < 4.78 is 20.0. The molecule has 1 unspecified atom stereocenters. The largest absolute Gasteiger partial charge is 0.491 e. The molecule has 0 heterocycles. The van der Waals surface area contributed by atoms with Gasteiger partial charge in [-0.3, -0.25) is 0 Å². The quantitative estimate of drug-likeness (QED) is 0.891. The SMILES string of the molecule is CC(C)Oc1ccc(C(O)c2ccc(Br)cc2F)cc1. The monoisotopic (exact) mass is 338 g/mol. The number of ether oxygens (including phenoxy) is 1. The molecule has 0 radical (unpaired) electrons. The van der Waals surface area contributed by atoms with Crippen LogP contribution in [-0.4, -0.2) is 11.2 Å². The molecule has 0 aromatic heterocycles. The molecule has 106 valence electrons. The molecule has 2 aromatic carbocycles. The summed E-state index contributed by atoms with van der Waals surface area (Å²) in [4.78, 5) is 0. The lowest BCUT2D eigenvalue weighted by molar-refractivity contribution is 0.214. The molecule has 2 nitrogen and oxygen atoms in total. The molecule has 0 aliphatic heterocycles. The van der Waals surface area contributed by atoms with Gasteiger partial charge in [-0.25, -0.2) is 4.39 Å². The molecule has 1 N–H and O–H groups in total. The highest BCUT2D eigenvalue weighted by atomic mass is 79.9. The van der Waals surface area contributed by atoms with E-state index in [2.05, 4.69) is 15.9 Å². The van der Waals surface area contributed by atoms with Gasteiger partial charge in [-0.1, -0.05) is 34.1 Å². The van der Waals surface area contributed by atoms with Crippen LogP contribution in [-0.2, 0) is 0 Å². The van der Waals surface area contributed by atoms with Gasteiger partial charge >= 0.3 is 0 Å². The molecule has 20 heavy (non-hydrogen) atoms. The molecule has 0 aliphatic carbocycles. The second-order valence-corrected chi connectivity index (χ2v) is 5.72. The maximum absolute atomic E-state index is 13.8. The van der Waals surface area contributed by atoms with Crippen LogP contribution in [0.3, 0.4) is 0 Å². The van der Waals surface area contributed by atoms with Crippen LogP contribution in [0.2, 0.25) is 0 Å². The van der Waals surface area contributed by atoms with Crippen molar-refractivity contribution in [2.75, 3.05) is 0 Å². The van der Waals surface area contributed by atoms with Crippen LogP contribution in [0.5, 0.6) is 5.75 Å². The third kappa shape index (κ3) is 3.58. The van der Waals surface area contributed by atoms with E-state index in [0.717, 1.165) is 5.75 Å². The van der Waals surface area contributed by atoms with Gasteiger partial charge in [-0.2, -0.15) is 0 Å². The molecule has 0 saturated carbocycles. The Morgan fingerprint density at radius 3 is 2.30 bits per heavy atom. The second kappa shape index (κ2) is 6.37. The summed E-state index contributed by atoms with van der Waals surface area (Å²) in [5, 5.41) is 10.2. The lowest BCUT2D eigenvalue weighted by Crippen LogP contribution is -2.06. The second-order valence-electron chi connectivity index (χ2n) is 4.80. The predicted octanol–water partition coefficient (Wildman–Crippen LogP) is 4.46. The zero-order valence-corrected chi connectivity index (χ0v) is 12.9. The first-order valence-electron chi connectivity index (χ1n) is 6.37. The Labute approximate surface area is 126 Å². The Balaban J connectivity index is 2.22. The van der Waals surface area contributed by atoms with Crippen LogP contribution in [0.1, 0.15) is 31.1 Å². The fraction of sp³-hybridized carbons (Fsp3) is 0.250. The van der Waals surface area contributed by atoms with Crippen molar-refractivity contribution in [3.63, 3.8) is 0 Å². The summed E-state index contributed by atoms with van der Waals surface area (Å²) in [6, 6.07) is 11.6. The first-order chi connectivity index (χ1) is 9.47. The Morgan fingerprint density at radius 1 is 1.10 bits per heavy atom. The molecule has 0 saturated heterocycles. The van der Waals surface area contributed by atoms with Gasteiger partial charge in [0, 0.05) is 10.0 Å². The molecule has 0 amide bonds. The van der Waals surface area contributed by atoms with Crippen LogP contribution < -0.4 is 4.74 Å². The fourth-order valence-corrected chi connectivity index (χ4v) is 2.24. The Kier molecular flexibility index (Phi) is 4.78. The number of hydrogen-bond donors (Lipinski definition) is 1. The van der Waals surface area contributed by atoms with Crippen molar-refractivity contribution in [1.29, 1.82) is 0 Å². The van der Waals surface area contributed by atoms with Crippen molar-refractivity contribution in [1.82, 2.24) is 0 Å². The van der Waals surface area contributed by atoms with Gasteiger partial charge < -0.3 is 9.84 Å². The maximum atomic E-state index is 13.8. The fourth-order valence-electron chi connectivity index (χ4n) is 1.90. The van der Waals surface area contributed by atoms with Gasteiger partial charge in [-0.15, -0.1) is 0 Å². The summed E-state index contributed by atoms with van der Waals surface area (Å²) in [7, 11) is 0. The van der Waals surface area contributed by atoms with E-state index in [1.807, 2.05) is 13.8 Å². The standard InChI is InChI=1S/C16H16BrFO2/c1-10(2)20-13-6-3-11(4-7-13)16(19)14-8-5-12(17)9-15(14)18/h3-10,16,19H,1-2H3. The highest BCUT2D eigenvalue weighted by molar-refractivity contribution is 9.10. The summed E-state index contributed by atoms with van der Waals surface area (Å²) in [6.45, 7) is 3.89. The smallest absolute Gasteiger partial charge is 0.130 e. The Morgan fingerprint density at radius 2 is 1.75 bits per heavy atom. The van der Waals surface area contributed by atoms with Crippen LogP contribution >= 0.6 is 15.9 Å². The number of benzene rings is 2. The minimum Gasteiger partial charge on any atom is -0.491 e. The average Bonchev–Trinajstić information content (AvgIpc) is 2.38. The lowest BCUT2D eigenvalue weighted by atomic mass is 10.0. The zero-order chi connectivity index (χ0) is 14.7. The van der Waals surface area contributed by atoms with E-state index in [1.165, 1.54) is 6.07 Å². The number of hydrogen-bond acceptors (Lipinski definition) is 2. The van der Waals surface area contributed by atoms with Crippen molar-refractivity contribution in [3.05, 3.63) is 63.9 Å². The normalized spacial score (nSPS) is 12.5. The van der Waals surface area contributed by atoms with E-state index in [9.17, 15) is 9.50 Å². The van der Waals surface area contributed by atoms with Crippen LogP contribution in [0.4, 0.5) is 4.39 Å². The van der Waals surface area contributed by atoms with E-state index in [-0.39, 0.29) is 11.7 Å². The number of aliphatic hydroxyl groups excluding tert-OH is 1. The molecular formula is C16H16BrFO2. The highest BCUT2D eigenvalue weighted by Crippen LogP contribution is 2.27. The molecule has 0 fully saturated rings. The van der Waals surface area contributed by atoms with Gasteiger partial charge in [0.1, 0.15) is 17.7 Å². The Hall–Kier alpha value is -1.39. The van der Waals surface area contributed by atoms with Gasteiger partial charge in [0.05, 0.1) is 6.10 Å². The van der Waals surface area contributed by atoms with Crippen molar-refractivity contribution in [2.45, 2.75) is 26.1 Å². The topological polar surface area (TPSA) is 29.5 Å². The van der Waals surface area contributed by atoms with Gasteiger partial charge in [0.2, 0.25) is 0 Å². The number of rotatable bonds is 4. The molecule has 0 aliphatic rings. The van der Waals surface area contributed by atoms with E-state index < -0.39 is 11.9 Å². The zero-order valence-electron chi connectivity index (χ0n) is 11.3. The first-order valence-corrected chi connectivity index (χ1v) is 7.16. The predicted molar refractivity (Wildman–Crippen MR) is 80.4 cm³/mol. The number of halogens is 2. The summed E-state index contributed by atoms with van der Waals surface area (Å²) >= 11 is 3.20. The van der Waals surface area contributed by atoms with Gasteiger partial charge in [-0.05, 0) is 43.7 Å². The first kappa shape index (κ1) is 15.0. The lowest BCUT2D eigenvalue weighted by Gasteiger charge is -2.14. The Bertz CT molecular complexity index is 582. The summed E-state index contributed by atoms with van der Waals surface area (Å²) in [5.41, 5.74) is 0.882. The summed E-state index contributed by atoms with van der Waals surface area (Å²) in [6.07, 6.45) is -0.897. The van der Waals surface area contributed by atoms with E-state index in [1.54, 1.807) is 36.4 Å². The van der Waals surface area contributed by atoms with E-state index in [0.29, 0.717) is 10.0 Å². The maximum Gasteiger partial charge on any atom is 0.130 e. The molecule has 1 atom stereocenters. The van der Waals surface area contributed by atoms with Crippen molar-refractivity contribution >= 4 is 15.9 Å². The van der Waals surface area contributed by atoms with Gasteiger partial charge in [0.25, 0.3) is 0 Å². The highest BCUT2D eigenvalue weighted by Gasteiger charge is 2.15. The summed E-state index contributed by atoms with van der Waals surface area (Å²) in [5.74, 6) is 0.293. The van der Waals surface area contributed by atoms with Crippen molar-refractivity contribution in [3.8, 4) is 5.75 Å². The minimum atomic E-state index is -0.990. The molecule has 0 bridgehead atoms. The third-order valence-electron chi connectivity index (χ3n) is 2.82. The average molecular weight is 339 g/mol. The van der Waals surface area contributed by atoms with Crippen LogP contribution in [0.15, 0.2) is 46.9 Å². The van der Waals surface area contributed by atoms with Crippen molar-refractivity contribution in [2.24, 2.45) is 0 Å².